The molecule has 4 nitrogen and oxygen atoms in total. The maximum absolute atomic E-state index is 14.3. The third-order valence-corrected chi connectivity index (χ3v) is 7.67. The van der Waals surface area contributed by atoms with Gasteiger partial charge in [0.1, 0.15) is 27.5 Å². The van der Waals surface area contributed by atoms with E-state index in [-0.39, 0.29) is 0 Å². The Morgan fingerprint density at radius 3 is 2.42 bits per heavy atom. The molecule has 0 spiro atoms. The molecule has 0 fully saturated rings. The van der Waals surface area contributed by atoms with Crippen molar-refractivity contribution in [1.29, 1.82) is 0 Å². The molecular formula is C22H18F2N2O2S3. The minimum atomic E-state index is -1.58. The lowest BCUT2D eigenvalue weighted by molar-refractivity contribution is 0.601. The molecule has 0 bridgehead atoms. The molecule has 1 aromatic heterocycles. The van der Waals surface area contributed by atoms with E-state index in [0.29, 0.717) is 32.3 Å². The Morgan fingerprint density at radius 1 is 0.968 bits per heavy atom. The Bertz CT molecular complexity index is 1290. The molecule has 0 radical (unpaired) electrons. The van der Waals surface area contributed by atoms with Crippen molar-refractivity contribution in [2.75, 3.05) is 6.26 Å². The predicted molar refractivity (Wildman–Crippen MR) is 122 cm³/mol. The summed E-state index contributed by atoms with van der Waals surface area (Å²) in [5, 5.41) is 1.01. The van der Waals surface area contributed by atoms with Crippen molar-refractivity contribution in [3.63, 3.8) is 0 Å². The molecular weight excluding hydrogens is 458 g/mol. The van der Waals surface area contributed by atoms with Crippen molar-refractivity contribution in [3.05, 3.63) is 90.0 Å². The third-order valence-electron chi connectivity index (χ3n) is 4.52. The summed E-state index contributed by atoms with van der Waals surface area (Å²) in [6.45, 7) is 0.429. The SMILES string of the molecule is CS(=O)NCc1ccc(S(=O)c2cc3cc(F)ccc3n2Sc2ccccc2F)cc1. The largest absolute Gasteiger partial charge is 0.271 e. The van der Waals surface area contributed by atoms with Crippen LogP contribution in [0.5, 0.6) is 0 Å². The lowest BCUT2D eigenvalue weighted by atomic mass is 10.2. The van der Waals surface area contributed by atoms with Gasteiger partial charge in [-0.2, -0.15) is 0 Å². The van der Waals surface area contributed by atoms with Crippen LogP contribution in [0.3, 0.4) is 0 Å². The molecule has 2 atom stereocenters. The predicted octanol–water partition coefficient (Wildman–Crippen LogP) is 5.02. The smallest absolute Gasteiger partial charge is 0.138 e. The molecule has 0 aliphatic heterocycles. The molecule has 0 aliphatic carbocycles. The van der Waals surface area contributed by atoms with Gasteiger partial charge in [-0.3, -0.25) is 3.97 Å². The van der Waals surface area contributed by atoms with Crippen molar-refractivity contribution >= 4 is 44.6 Å². The zero-order chi connectivity index (χ0) is 22.0. The molecule has 0 saturated heterocycles. The number of halogens is 2. The van der Waals surface area contributed by atoms with Crippen LogP contribution in [0.1, 0.15) is 5.56 Å². The van der Waals surface area contributed by atoms with E-state index in [0.717, 1.165) is 17.5 Å². The van der Waals surface area contributed by atoms with Crippen LogP contribution in [0.2, 0.25) is 0 Å². The average molecular weight is 477 g/mol. The lowest BCUT2D eigenvalue weighted by Crippen LogP contribution is -2.14. The van der Waals surface area contributed by atoms with Gasteiger partial charge in [-0.15, -0.1) is 0 Å². The number of aromatic nitrogens is 1. The van der Waals surface area contributed by atoms with Crippen LogP contribution < -0.4 is 4.72 Å². The van der Waals surface area contributed by atoms with Crippen LogP contribution in [0.25, 0.3) is 10.9 Å². The monoisotopic (exact) mass is 476 g/mol. The highest BCUT2D eigenvalue weighted by Crippen LogP contribution is 2.34. The van der Waals surface area contributed by atoms with Gasteiger partial charge in [-0.05, 0) is 66.0 Å². The maximum Gasteiger partial charge on any atom is 0.138 e. The first kappa shape index (κ1) is 21.9. The number of fused-ring (bicyclic) bond motifs is 1. The van der Waals surface area contributed by atoms with Gasteiger partial charge in [-0.25, -0.2) is 21.9 Å². The normalized spacial score (nSPS) is 13.4. The fourth-order valence-corrected chi connectivity index (χ4v) is 5.70. The number of rotatable bonds is 7. The van der Waals surface area contributed by atoms with Crippen LogP contribution in [0.15, 0.2) is 87.6 Å². The van der Waals surface area contributed by atoms with Gasteiger partial charge in [0.2, 0.25) is 0 Å². The van der Waals surface area contributed by atoms with Gasteiger partial charge in [0, 0.05) is 23.1 Å². The second-order valence-electron chi connectivity index (χ2n) is 6.69. The summed E-state index contributed by atoms with van der Waals surface area (Å²) in [6.07, 6.45) is 1.55. The first-order valence-electron chi connectivity index (χ1n) is 9.24. The zero-order valence-corrected chi connectivity index (χ0v) is 18.8. The van der Waals surface area contributed by atoms with E-state index in [2.05, 4.69) is 4.72 Å². The maximum atomic E-state index is 14.3. The van der Waals surface area contributed by atoms with Crippen LogP contribution in [0.4, 0.5) is 8.78 Å². The Labute approximate surface area is 187 Å². The standard InChI is InChI=1S/C22H18F2N2O2S3/c1-30(27)25-14-15-6-9-18(10-7-15)31(28)22-13-16-12-17(23)8-11-20(16)26(22)29-21-5-3-2-4-19(21)24/h2-13,25H,14H2,1H3. The van der Waals surface area contributed by atoms with Gasteiger partial charge < -0.3 is 0 Å². The van der Waals surface area contributed by atoms with Crippen LogP contribution in [0, 0.1) is 11.6 Å². The van der Waals surface area contributed by atoms with Gasteiger partial charge in [0.25, 0.3) is 0 Å². The molecule has 1 heterocycles. The summed E-state index contributed by atoms with van der Waals surface area (Å²) in [4.78, 5) is 0.927. The molecule has 9 heteroatoms. The number of hydrogen-bond acceptors (Lipinski definition) is 3. The van der Waals surface area contributed by atoms with E-state index in [1.54, 1.807) is 52.7 Å². The Hall–Kier alpha value is -2.33. The highest BCUT2D eigenvalue weighted by atomic mass is 32.2. The fourth-order valence-electron chi connectivity index (χ4n) is 3.01. The highest BCUT2D eigenvalue weighted by Gasteiger charge is 2.19. The summed E-state index contributed by atoms with van der Waals surface area (Å²) in [6, 6.07) is 19.4. The minimum Gasteiger partial charge on any atom is -0.271 e. The second-order valence-corrected chi connectivity index (χ2v) is 10.3. The molecule has 0 aliphatic rings. The van der Waals surface area contributed by atoms with Crippen LogP contribution in [-0.2, 0) is 28.3 Å². The van der Waals surface area contributed by atoms with Gasteiger partial charge in [0.05, 0.1) is 21.4 Å². The zero-order valence-electron chi connectivity index (χ0n) is 16.4. The molecule has 160 valence electrons. The molecule has 3 aromatic carbocycles. The first-order valence-corrected chi connectivity index (χ1v) is 12.7. The molecule has 4 aromatic rings. The van der Waals surface area contributed by atoms with Crippen molar-refractivity contribution in [1.82, 2.24) is 8.69 Å². The molecule has 4 rings (SSSR count). The van der Waals surface area contributed by atoms with Gasteiger partial charge in [0.15, 0.2) is 0 Å². The Balaban J connectivity index is 1.73. The second kappa shape index (κ2) is 9.44. The van der Waals surface area contributed by atoms with Crippen molar-refractivity contribution in [3.8, 4) is 0 Å². The van der Waals surface area contributed by atoms with Crippen molar-refractivity contribution in [2.24, 2.45) is 0 Å². The number of hydrogen-bond donors (Lipinski definition) is 1. The van der Waals surface area contributed by atoms with E-state index in [1.807, 2.05) is 12.1 Å². The highest BCUT2D eigenvalue weighted by molar-refractivity contribution is 7.98. The summed E-state index contributed by atoms with van der Waals surface area (Å²) < 4.78 is 57.2. The lowest BCUT2D eigenvalue weighted by Gasteiger charge is -2.11. The van der Waals surface area contributed by atoms with Crippen molar-refractivity contribution in [2.45, 2.75) is 21.4 Å². The fraction of sp³-hybridized carbons (Fsp3) is 0.0909. The molecule has 2 unspecified atom stereocenters. The van der Waals surface area contributed by atoms with E-state index >= 15 is 0 Å². The summed E-state index contributed by atoms with van der Waals surface area (Å²) >= 11 is 1.10. The van der Waals surface area contributed by atoms with Gasteiger partial charge >= 0.3 is 0 Å². The van der Waals surface area contributed by atoms with Crippen molar-refractivity contribution < 1.29 is 17.2 Å². The number of benzene rings is 3. The average Bonchev–Trinajstić information content (AvgIpc) is 3.11. The summed E-state index contributed by atoms with van der Waals surface area (Å²) in [5.41, 5.74) is 1.54. The molecule has 1 N–H and O–H groups in total. The Morgan fingerprint density at radius 2 is 1.71 bits per heavy atom. The molecule has 0 amide bonds. The van der Waals surface area contributed by atoms with E-state index < -0.39 is 33.4 Å². The summed E-state index contributed by atoms with van der Waals surface area (Å²) in [7, 11) is -2.70. The van der Waals surface area contributed by atoms with E-state index in [4.69, 9.17) is 0 Å². The number of nitrogens with zero attached hydrogens (tertiary/aromatic N) is 1. The van der Waals surface area contributed by atoms with Crippen LogP contribution in [-0.4, -0.2) is 18.6 Å². The third kappa shape index (κ3) is 4.95. The minimum absolute atomic E-state index is 0.372. The van der Waals surface area contributed by atoms with Gasteiger partial charge in [-0.1, -0.05) is 24.3 Å². The van der Waals surface area contributed by atoms with E-state index in [9.17, 15) is 17.2 Å². The van der Waals surface area contributed by atoms with E-state index in [1.165, 1.54) is 18.2 Å². The van der Waals surface area contributed by atoms with Crippen LogP contribution >= 0.6 is 11.9 Å². The topological polar surface area (TPSA) is 51.1 Å². The molecule has 0 saturated carbocycles. The Kier molecular flexibility index (Phi) is 6.66. The quantitative estimate of drug-likeness (QED) is 0.407. The molecule has 31 heavy (non-hydrogen) atoms. The first-order chi connectivity index (χ1) is 14.9. The number of nitrogens with one attached hydrogen (secondary N) is 1. The summed E-state index contributed by atoms with van der Waals surface area (Å²) in [5.74, 6) is -0.790.